The van der Waals surface area contributed by atoms with Gasteiger partial charge in [0.25, 0.3) is 0 Å². The standard InChI is InChI=1S/C20H22N2O2/c1-3-11-23-18-9-8-16(20(14-18)24-12-4-2)13-17(15-21)19-7-5-6-10-22-19/h5-10,13-14H,3-4,11-12H2,1-2H3. The molecule has 0 atom stereocenters. The number of hydrogen-bond acceptors (Lipinski definition) is 4. The van der Waals surface area contributed by atoms with Gasteiger partial charge in [0, 0.05) is 17.8 Å². The van der Waals surface area contributed by atoms with E-state index in [9.17, 15) is 5.26 Å². The number of rotatable bonds is 8. The Morgan fingerprint density at radius 2 is 1.92 bits per heavy atom. The minimum Gasteiger partial charge on any atom is -0.493 e. The van der Waals surface area contributed by atoms with Crippen LogP contribution in [0.25, 0.3) is 11.6 Å². The summed E-state index contributed by atoms with van der Waals surface area (Å²) in [5.74, 6) is 1.49. The predicted molar refractivity (Wildman–Crippen MR) is 95.7 cm³/mol. The van der Waals surface area contributed by atoms with Crippen LogP contribution in [0.1, 0.15) is 37.9 Å². The van der Waals surface area contributed by atoms with Gasteiger partial charge in [-0.05, 0) is 43.2 Å². The quantitative estimate of drug-likeness (QED) is 0.660. The van der Waals surface area contributed by atoms with Gasteiger partial charge in [0.1, 0.15) is 17.6 Å². The van der Waals surface area contributed by atoms with Gasteiger partial charge in [-0.25, -0.2) is 0 Å². The molecule has 0 aliphatic carbocycles. The smallest absolute Gasteiger partial charge is 0.130 e. The number of pyridine rings is 1. The van der Waals surface area contributed by atoms with Crippen LogP contribution in [0.4, 0.5) is 0 Å². The van der Waals surface area contributed by atoms with Gasteiger partial charge >= 0.3 is 0 Å². The lowest BCUT2D eigenvalue weighted by atomic mass is 10.1. The van der Waals surface area contributed by atoms with Crippen LogP contribution in [-0.4, -0.2) is 18.2 Å². The first kappa shape index (κ1) is 17.6. The molecule has 4 heteroatoms. The molecule has 0 radical (unpaired) electrons. The van der Waals surface area contributed by atoms with E-state index in [4.69, 9.17) is 9.47 Å². The first-order chi connectivity index (χ1) is 11.8. The van der Waals surface area contributed by atoms with Gasteiger partial charge in [-0.1, -0.05) is 19.9 Å². The van der Waals surface area contributed by atoms with E-state index in [1.807, 2.05) is 36.4 Å². The zero-order chi connectivity index (χ0) is 17.2. The van der Waals surface area contributed by atoms with E-state index >= 15 is 0 Å². The third-order valence-corrected chi connectivity index (χ3v) is 3.28. The molecular weight excluding hydrogens is 300 g/mol. The highest BCUT2D eigenvalue weighted by molar-refractivity contribution is 5.89. The Balaban J connectivity index is 2.36. The second kappa shape index (κ2) is 9.36. The molecule has 0 fully saturated rings. The molecule has 0 aliphatic heterocycles. The van der Waals surface area contributed by atoms with E-state index in [1.165, 1.54) is 0 Å². The third-order valence-electron chi connectivity index (χ3n) is 3.28. The van der Waals surface area contributed by atoms with Crippen LogP contribution in [0.2, 0.25) is 0 Å². The summed E-state index contributed by atoms with van der Waals surface area (Å²) in [6.45, 7) is 5.41. The number of nitrogens with zero attached hydrogens (tertiary/aromatic N) is 2. The Bertz CT molecular complexity index is 718. The lowest BCUT2D eigenvalue weighted by molar-refractivity contribution is 0.301. The Morgan fingerprint density at radius 1 is 1.12 bits per heavy atom. The molecule has 0 spiro atoms. The van der Waals surface area contributed by atoms with Crippen molar-refractivity contribution in [1.29, 1.82) is 5.26 Å². The van der Waals surface area contributed by atoms with Gasteiger partial charge in [-0.3, -0.25) is 4.98 Å². The average Bonchev–Trinajstić information content (AvgIpc) is 2.64. The molecule has 124 valence electrons. The van der Waals surface area contributed by atoms with Gasteiger partial charge in [0.15, 0.2) is 0 Å². The fourth-order valence-electron chi connectivity index (χ4n) is 2.12. The van der Waals surface area contributed by atoms with E-state index in [0.29, 0.717) is 30.2 Å². The van der Waals surface area contributed by atoms with E-state index in [-0.39, 0.29) is 0 Å². The first-order valence-corrected chi connectivity index (χ1v) is 8.21. The normalized spacial score (nSPS) is 11.0. The van der Waals surface area contributed by atoms with E-state index in [1.54, 1.807) is 12.3 Å². The van der Waals surface area contributed by atoms with Gasteiger partial charge in [-0.2, -0.15) is 5.26 Å². The second-order valence-corrected chi connectivity index (χ2v) is 5.28. The molecule has 4 nitrogen and oxygen atoms in total. The maximum Gasteiger partial charge on any atom is 0.130 e. The minimum absolute atomic E-state index is 0.499. The number of benzene rings is 1. The molecule has 1 aromatic heterocycles. The highest BCUT2D eigenvalue weighted by atomic mass is 16.5. The SMILES string of the molecule is CCCOc1ccc(C=C(C#N)c2ccccn2)c(OCCC)c1. The summed E-state index contributed by atoms with van der Waals surface area (Å²) in [7, 11) is 0. The topological polar surface area (TPSA) is 55.1 Å². The number of nitriles is 1. The lowest BCUT2D eigenvalue weighted by Gasteiger charge is -2.12. The minimum atomic E-state index is 0.499. The highest BCUT2D eigenvalue weighted by Crippen LogP contribution is 2.29. The van der Waals surface area contributed by atoms with Crippen molar-refractivity contribution in [1.82, 2.24) is 4.98 Å². The molecule has 1 heterocycles. The largest absolute Gasteiger partial charge is 0.493 e. The highest BCUT2D eigenvalue weighted by Gasteiger charge is 2.08. The predicted octanol–water partition coefficient (Wildman–Crippen LogP) is 4.72. The maximum atomic E-state index is 9.45. The van der Waals surface area contributed by atoms with Crippen LogP contribution in [0.5, 0.6) is 11.5 Å². The van der Waals surface area contributed by atoms with Crippen LogP contribution in [0.15, 0.2) is 42.6 Å². The Labute approximate surface area is 143 Å². The van der Waals surface area contributed by atoms with Crippen molar-refractivity contribution in [3.8, 4) is 17.6 Å². The van der Waals surface area contributed by atoms with E-state index < -0.39 is 0 Å². The van der Waals surface area contributed by atoms with Crippen LogP contribution in [0.3, 0.4) is 0 Å². The number of aromatic nitrogens is 1. The molecule has 2 aromatic rings. The van der Waals surface area contributed by atoms with Crippen molar-refractivity contribution in [3.05, 3.63) is 53.9 Å². The molecule has 0 saturated heterocycles. The van der Waals surface area contributed by atoms with Crippen LogP contribution in [0, 0.1) is 11.3 Å². The second-order valence-electron chi connectivity index (χ2n) is 5.28. The summed E-state index contributed by atoms with van der Waals surface area (Å²) >= 11 is 0. The molecule has 2 rings (SSSR count). The van der Waals surface area contributed by atoms with Crippen molar-refractivity contribution >= 4 is 11.6 Å². The molecule has 24 heavy (non-hydrogen) atoms. The maximum absolute atomic E-state index is 9.45. The summed E-state index contributed by atoms with van der Waals surface area (Å²) in [5, 5.41) is 9.45. The summed E-state index contributed by atoms with van der Waals surface area (Å²) in [6.07, 6.45) is 5.34. The van der Waals surface area contributed by atoms with Crippen molar-refractivity contribution in [3.63, 3.8) is 0 Å². The van der Waals surface area contributed by atoms with Crippen molar-refractivity contribution in [2.75, 3.05) is 13.2 Å². The molecule has 0 aliphatic rings. The number of hydrogen-bond donors (Lipinski definition) is 0. The van der Waals surface area contributed by atoms with Crippen LogP contribution in [-0.2, 0) is 0 Å². The fourth-order valence-corrected chi connectivity index (χ4v) is 2.12. The van der Waals surface area contributed by atoms with E-state index in [0.717, 1.165) is 24.2 Å². The number of ether oxygens (including phenoxy) is 2. The molecule has 0 unspecified atom stereocenters. The summed E-state index contributed by atoms with van der Waals surface area (Å²) in [4.78, 5) is 4.24. The first-order valence-electron chi connectivity index (χ1n) is 8.21. The Morgan fingerprint density at radius 3 is 2.58 bits per heavy atom. The van der Waals surface area contributed by atoms with Crippen molar-refractivity contribution < 1.29 is 9.47 Å². The van der Waals surface area contributed by atoms with Gasteiger partial charge in [-0.15, -0.1) is 0 Å². The summed E-state index contributed by atoms with van der Waals surface area (Å²) in [5.41, 5.74) is 1.99. The Kier molecular flexibility index (Phi) is 6.85. The molecular formula is C20H22N2O2. The molecule has 0 N–H and O–H groups in total. The third kappa shape index (κ3) is 4.85. The molecule has 0 bridgehead atoms. The fraction of sp³-hybridized carbons (Fsp3) is 0.300. The monoisotopic (exact) mass is 322 g/mol. The summed E-state index contributed by atoms with van der Waals surface area (Å²) in [6, 6.07) is 13.4. The van der Waals surface area contributed by atoms with Crippen LogP contribution >= 0.6 is 0 Å². The molecule has 0 amide bonds. The zero-order valence-corrected chi connectivity index (χ0v) is 14.2. The number of allylic oxidation sites excluding steroid dienone is 1. The molecule has 1 aromatic carbocycles. The van der Waals surface area contributed by atoms with Crippen molar-refractivity contribution in [2.45, 2.75) is 26.7 Å². The van der Waals surface area contributed by atoms with Crippen LogP contribution < -0.4 is 9.47 Å². The van der Waals surface area contributed by atoms with E-state index in [2.05, 4.69) is 24.9 Å². The van der Waals surface area contributed by atoms with Crippen molar-refractivity contribution in [2.24, 2.45) is 0 Å². The van der Waals surface area contributed by atoms with Gasteiger partial charge in [0.2, 0.25) is 0 Å². The Hall–Kier alpha value is -2.80. The lowest BCUT2D eigenvalue weighted by Crippen LogP contribution is -2.00. The zero-order valence-electron chi connectivity index (χ0n) is 14.2. The molecule has 0 saturated carbocycles. The average molecular weight is 322 g/mol. The summed E-state index contributed by atoms with van der Waals surface area (Å²) < 4.78 is 11.5. The van der Waals surface area contributed by atoms with Gasteiger partial charge < -0.3 is 9.47 Å². The van der Waals surface area contributed by atoms with Gasteiger partial charge in [0.05, 0.1) is 24.5 Å².